The first-order valence-electron chi connectivity index (χ1n) is 7.19. The molecule has 7 heteroatoms. The van der Waals surface area contributed by atoms with Gasteiger partial charge in [-0.3, -0.25) is 4.79 Å². The van der Waals surface area contributed by atoms with Crippen LogP contribution in [0.25, 0.3) is 0 Å². The first-order valence-corrected chi connectivity index (χ1v) is 7.57. The highest BCUT2D eigenvalue weighted by Gasteiger charge is 2.22. The van der Waals surface area contributed by atoms with Crippen molar-refractivity contribution in [3.63, 3.8) is 0 Å². The Bertz CT molecular complexity index is 665. The fourth-order valence-electron chi connectivity index (χ4n) is 2.55. The molecule has 0 radical (unpaired) electrons. The summed E-state index contributed by atoms with van der Waals surface area (Å²) in [6, 6.07) is 7.78. The highest BCUT2D eigenvalue weighted by Crippen LogP contribution is 2.20. The Kier molecular flexibility index (Phi) is 4.29. The van der Waals surface area contributed by atoms with Crippen molar-refractivity contribution in [2.45, 2.75) is 13.3 Å². The molecule has 0 unspecified atom stereocenters. The third-order valence-corrected chi connectivity index (χ3v) is 3.92. The van der Waals surface area contributed by atoms with E-state index in [2.05, 4.69) is 15.0 Å². The van der Waals surface area contributed by atoms with Crippen LogP contribution in [0.5, 0.6) is 0 Å². The number of piperazine rings is 1. The van der Waals surface area contributed by atoms with Crippen LogP contribution in [0, 0.1) is 6.92 Å². The lowest BCUT2D eigenvalue weighted by Gasteiger charge is -2.36. The minimum Gasteiger partial charge on any atom is -0.368 e. The van der Waals surface area contributed by atoms with E-state index < -0.39 is 0 Å². The Morgan fingerprint density at radius 3 is 2.73 bits per heavy atom. The Morgan fingerprint density at radius 1 is 1.32 bits per heavy atom. The number of anilines is 1. The monoisotopic (exact) mass is 320 g/mol. The van der Waals surface area contributed by atoms with Crippen LogP contribution < -0.4 is 4.90 Å². The predicted molar refractivity (Wildman–Crippen MR) is 83.0 cm³/mol. The van der Waals surface area contributed by atoms with Gasteiger partial charge in [-0.05, 0) is 18.2 Å². The molecule has 22 heavy (non-hydrogen) atoms. The van der Waals surface area contributed by atoms with Crippen molar-refractivity contribution >= 4 is 23.2 Å². The van der Waals surface area contributed by atoms with Gasteiger partial charge in [0.25, 0.3) is 0 Å². The van der Waals surface area contributed by atoms with Crippen molar-refractivity contribution in [2.24, 2.45) is 0 Å². The Hall–Kier alpha value is -2.08. The standard InChI is InChI=1S/C15H17ClN4O2/c1-11-17-14(18-22-11)10-15(21)20-7-5-19(6-8-20)13-4-2-3-12(16)9-13/h2-4,9H,5-8,10H2,1H3. The van der Waals surface area contributed by atoms with Crippen LogP contribution in [0.2, 0.25) is 5.02 Å². The number of carbonyl (C=O) groups is 1. The van der Waals surface area contributed by atoms with Gasteiger partial charge in [-0.25, -0.2) is 0 Å². The summed E-state index contributed by atoms with van der Waals surface area (Å²) in [6.07, 6.45) is 0.189. The number of aromatic nitrogens is 2. The number of benzene rings is 1. The Morgan fingerprint density at radius 2 is 2.09 bits per heavy atom. The summed E-state index contributed by atoms with van der Waals surface area (Å²) in [5.74, 6) is 0.958. The molecule has 6 nitrogen and oxygen atoms in total. The van der Waals surface area contributed by atoms with Crippen molar-refractivity contribution in [3.8, 4) is 0 Å². The Labute approximate surface area is 133 Å². The summed E-state index contributed by atoms with van der Waals surface area (Å²) in [5, 5.41) is 4.49. The quantitative estimate of drug-likeness (QED) is 0.864. The number of carbonyl (C=O) groups excluding carboxylic acids is 1. The van der Waals surface area contributed by atoms with E-state index in [4.69, 9.17) is 16.1 Å². The molecule has 2 heterocycles. The average molecular weight is 321 g/mol. The second kappa shape index (κ2) is 6.36. The van der Waals surface area contributed by atoms with E-state index in [0.29, 0.717) is 24.8 Å². The fourth-order valence-corrected chi connectivity index (χ4v) is 2.73. The highest BCUT2D eigenvalue weighted by atomic mass is 35.5. The zero-order valence-electron chi connectivity index (χ0n) is 12.3. The van der Waals surface area contributed by atoms with Crippen LogP contribution in [-0.2, 0) is 11.2 Å². The van der Waals surface area contributed by atoms with Gasteiger partial charge in [0.2, 0.25) is 11.8 Å². The first-order chi connectivity index (χ1) is 10.6. The topological polar surface area (TPSA) is 62.5 Å². The maximum atomic E-state index is 12.2. The zero-order chi connectivity index (χ0) is 15.5. The molecule has 0 saturated carbocycles. The predicted octanol–water partition coefficient (Wildman–Crippen LogP) is 1.92. The lowest BCUT2D eigenvalue weighted by atomic mass is 10.2. The SMILES string of the molecule is Cc1nc(CC(=O)N2CCN(c3cccc(Cl)c3)CC2)no1. The van der Waals surface area contributed by atoms with E-state index in [0.717, 1.165) is 23.8 Å². The molecular weight excluding hydrogens is 304 g/mol. The molecule has 1 aliphatic rings. The van der Waals surface area contributed by atoms with Crippen molar-refractivity contribution in [3.05, 3.63) is 41.0 Å². The van der Waals surface area contributed by atoms with E-state index in [1.54, 1.807) is 6.92 Å². The lowest BCUT2D eigenvalue weighted by Crippen LogP contribution is -2.49. The minimum atomic E-state index is 0.0338. The van der Waals surface area contributed by atoms with Crippen molar-refractivity contribution < 1.29 is 9.32 Å². The fraction of sp³-hybridized carbons (Fsp3) is 0.400. The minimum absolute atomic E-state index is 0.0338. The first kappa shape index (κ1) is 14.8. The van der Waals surface area contributed by atoms with Crippen LogP contribution in [0.4, 0.5) is 5.69 Å². The van der Waals surface area contributed by atoms with Crippen molar-refractivity contribution in [1.29, 1.82) is 0 Å². The average Bonchev–Trinajstić information content (AvgIpc) is 2.92. The molecule has 1 aromatic carbocycles. The third-order valence-electron chi connectivity index (χ3n) is 3.68. The van der Waals surface area contributed by atoms with Crippen LogP contribution in [0.1, 0.15) is 11.7 Å². The van der Waals surface area contributed by atoms with Crippen molar-refractivity contribution in [2.75, 3.05) is 31.1 Å². The summed E-state index contributed by atoms with van der Waals surface area (Å²) >= 11 is 6.02. The van der Waals surface area contributed by atoms with Gasteiger partial charge >= 0.3 is 0 Å². The second-order valence-corrected chi connectivity index (χ2v) is 5.69. The second-order valence-electron chi connectivity index (χ2n) is 5.25. The molecule has 3 rings (SSSR count). The zero-order valence-corrected chi connectivity index (χ0v) is 13.1. The van der Waals surface area contributed by atoms with Crippen LogP contribution in [-0.4, -0.2) is 47.1 Å². The van der Waals surface area contributed by atoms with Gasteiger partial charge in [0.15, 0.2) is 5.82 Å². The van der Waals surface area contributed by atoms with Crippen LogP contribution in [0.15, 0.2) is 28.8 Å². The molecule has 0 spiro atoms. The molecule has 1 amide bonds. The number of halogens is 1. The normalized spacial score (nSPS) is 15.2. The maximum absolute atomic E-state index is 12.2. The highest BCUT2D eigenvalue weighted by molar-refractivity contribution is 6.30. The van der Waals surface area contributed by atoms with Crippen LogP contribution >= 0.6 is 11.6 Å². The molecule has 1 saturated heterocycles. The molecule has 1 fully saturated rings. The molecule has 0 N–H and O–H groups in total. The molecule has 1 aromatic heterocycles. The van der Waals surface area contributed by atoms with E-state index >= 15 is 0 Å². The number of rotatable bonds is 3. The molecule has 0 aliphatic carbocycles. The largest absolute Gasteiger partial charge is 0.368 e. The van der Waals surface area contributed by atoms with Gasteiger partial charge < -0.3 is 14.3 Å². The van der Waals surface area contributed by atoms with Crippen LogP contribution in [0.3, 0.4) is 0 Å². The van der Waals surface area contributed by atoms with E-state index in [1.165, 1.54) is 0 Å². The molecule has 1 aliphatic heterocycles. The van der Waals surface area contributed by atoms with Gasteiger partial charge in [0, 0.05) is 43.8 Å². The number of nitrogens with zero attached hydrogens (tertiary/aromatic N) is 4. The number of hydrogen-bond donors (Lipinski definition) is 0. The smallest absolute Gasteiger partial charge is 0.230 e. The Balaban J connectivity index is 1.56. The van der Waals surface area contributed by atoms with E-state index in [-0.39, 0.29) is 12.3 Å². The summed E-state index contributed by atoms with van der Waals surface area (Å²) in [5.41, 5.74) is 1.09. The summed E-state index contributed by atoms with van der Waals surface area (Å²) < 4.78 is 4.89. The van der Waals surface area contributed by atoms with E-state index in [1.807, 2.05) is 29.2 Å². The number of amides is 1. The molecule has 116 valence electrons. The van der Waals surface area contributed by atoms with Crippen molar-refractivity contribution in [1.82, 2.24) is 15.0 Å². The summed E-state index contributed by atoms with van der Waals surface area (Å²) in [4.78, 5) is 20.4. The summed E-state index contributed by atoms with van der Waals surface area (Å²) in [6.45, 7) is 4.66. The number of aryl methyl sites for hydroxylation is 1. The molecule has 0 bridgehead atoms. The van der Waals surface area contributed by atoms with E-state index in [9.17, 15) is 4.79 Å². The number of hydrogen-bond acceptors (Lipinski definition) is 5. The molecular formula is C15H17ClN4O2. The van der Waals surface area contributed by atoms with Gasteiger partial charge in [-0.2, -0.15) is 4.98 Å². The lowest BCUT2D eigenvalue weighted by molar-refractivity contribution is -0.130. The van der Waals surface area contributed by atoms with Gasteiger partial charge in [-0.1, -0.05) is 22.8 Å². The molecule has 0 atom stereocenters. The summed E-state index contributed by atoms with van der Waals surface area (Å²) in [7, 11) is 0. The molecule has 2 aromatic rings. The maximum Gasteiger partial charge on any atom is 0.230 e. The van der Waals surface area contributed by atoms with Gasteiger partial charge in [0.1, 0.15) is 0 Å². The third kappa shape index (κ3) is 3.39. The van der Waals surface area contributed by atoms with Gasteiger partial charge in [-0.15, -0.1) is 0 Å². The van der Waals surface area contributed by atoms with Gasteiger partial charge in [0.05, 0.1) is 6.42 Å².